The fraction of sp³-hybridized carbons (Fsp3) is 0.0667. The zero-order chi connectivity index (χ0) is 16.1. The Kier molecular flexibility index (Phi) is 5.78. The highest BCUT2D eigenvalue weighted by molar-refractivity contribution is 14.1. The molecule has 5 nitrogen and oxygen atoms in total. The summed E-state index contributed by atoms with van der Waals surface area (Å²) in [6.45, 7) is -0.199. The normalized spacial score (nSPS) is 10.1. The van der Waals surface area contributed by atoms with Crippen LogP contribution in [0.3, 0.4) is 0 Å². The number of anilines is 1. The Bertz CT molecular complexity index is 703. The molecule has 7 heteroatoms. The van der Waals surface area contributed by atoms with Crippen molar-refractivity contribution in [1.82, 2.24) is 0 Å². The van der Waals surface area contributed by atoms with Crippen molar-refractivity contribution in [3.63, 3.8) is 0 Å². The smallest absolute Gasteiger partial charge is 0.337 e. The largest absolute Gasteiger partial charge is 0.484 e. The molecule has 0 heterocycles. The summed E-state index contributed by atoms with van der Waals surface area (Å²) in [4.78, 5) is 23.0. The van der Waals surface area contributed by atoms with E-state index in [4.69, 9.17) is 9.84 Å². The van der Waals surface area contributed by atoms with E-state index in [1.54, 1.807) is 18.2 Å². The standard InChI is InChI=1S/C15H11BrINO4/c16-9-1-6-13(12(7-9)15(20)21)18-14(19)8-22-11-4-2-10(17)3-5-11/h1-7H,8H2,(H,18,19)(H,20,21). The van der Waals surface area contributed by atoms with Gasteiger partial charge in [0.25, 0.3) is 5.91 Å². The van der Waals surface area contributed by atoms with E-state index in [2.05, 4.69) is 43.8 Å². The van der Waals surface area contributed by atoms with Gasteiger partial charge in [-0.15, -0.1) is 0 Å². The van der Waals surface area contributed by atoms with E-state index in [9.17, 15) is 9.59 Å². The molecule has 1 amide bonds. The maximum absolute atomic E-state index is 11.9. The fourth-order valence-electron chi connectivity index (χ4n) is 1.67. The van der Waals surface area contributed by atoms with Crippen LogP contribution in [0.15, 0.2) is 46.9 Å². The van der Waals surface area contributed by atoms with Crippen molar-refractivity contribution in [3.05, 3.63) is 56.1 Å². The van der Waals surface area contributed by atoms with Gasteiger partial charge in [0.1, 0.15) is 5.75 Å². The predicted octanol–water partition coefficient (Wildman–Crippen LogP) is 3.77. The quantitative estimate of drug-likeness (QED) is 0.645. The van der Waals surface area contributed by atoms with Crippen LogP contribution in [-0.4, -0.2) is 23.6 Å². The summed E-state index contributed by atoms with van der Waals surface area (Å²) in [6.07, 6.45) is 0. The average molecular weight is 476 g/mol. The molecule has 0 aliphatic carbocycles. The summed E-state index contributed by atoms with van der Waals surface area (Å²) in [7, 11) is 0. The lowest BCUT2D eigenvalue weighted by molar-refractivity contribution is -0.118. The molecule has 0 saturated carbocycles. The number of nitrogens with one attached hydrogen (secondary N) is 1. The van der Waals surface area contributed by atoms with Gasteiger partial charge in [-0.25, -0.2) is 4.79 Å². The number of carboxylic acid groups (broad SMARTS) is 1. The Hall–Kier alpha value is -1.61. The van der Waals surface area contributed by atoms with Gasteiger partial charge >= 0.3 is 5.97 Å². The summed E-state index contributed by atoms with van der Waals surface area (Å²) < 4.78 is 7.04. The number of halogens is 2. The first-order chi connectivity index (χ1) is 10.5. The third-order valence-electron chi connectivity index (χ3n) is 2.67. The Balaban J connectivity index is 2.00. The number of carboxylic acids is 1. The molecule has 2 aromatic carbocycles. The molecule has 0 fully saturated rings. The molecule has 0 saturated heterocycles. The van der Waals surface area contributed by atoms with Crippen molar-refractivity contribution in [3.8, 4) is 5.75 Å². The topological polar surface area (TPSA) is 75.6 Å². The van der Waals surface area contributed by atoms with E-state index >= 15 is 0 Å². The van der Waals surface area contributed by atoms with E-state index in [-0.39, 0.29) is 17.9 Å². The predicted molar refractivity (Wildman–Crippen MR) is 94.4 cm³/mol. The van der Waals surface area contributed by atoms with Gasteiger partial charge < -0.3 is 15.2 Å². The minimum atomic E-state index is -1.12. The maximum Gasteiger partial charge on any atom is 0.337 e. The van der Waals surface area contributed by atoms with E-state index in [0.29, 0.717) is 10.2 Å². The molecule has 0 spiro atoms. The fourth-order valence-corrected chi connectivity index (χ4v) is 2.39. The van der Waals surface area contributed by atoms with Gasteiger partial charge in [-0.1, -0.05) is 15.9 Å². The highest BCUT2D eigenvalue weighted by Gasteiger charge is 2.13. The van der Waals surface area contributed by atoms with Crippen molar-refractivity contribution in [2.75, 3.05) is 11.9 Å². The number of benzene rings is 2. The zero-order valence-electron chi connectivity index (χ0n) is 11.2. The lowest BCUT2D eigenvalue weighted by atomic mass is 10.2. The van der Waals surface area contributed by atoms with Crippen LogP contribution in [0.1, 0.15) is 10.4 Å². The number of hydrogen-bond donors (Lipinski definition) is 2. The van der Waals surface area contributed by atoms with Crippen LogP contribution in [0, 0.1) is 3.57 Å². The molecule has 22 heavy (non-hydrogen) atoms. The lowest BCUT2D eigenvalue weighted by Crippen LogP contribution is -2.21. The molecule has 2 rings (SSSR count). The van der Waals surface area contributed by atoms with Crippen LogP contribution in [0.5, 0.6) is 5.75 Å². The molecule has 2 N–H and O–H groups in total. The monoisotopic (exact) mass is 475 g/mol. The van der Waals surface area contributed by atoms with E-state index in [1.165, 1.54) is 12.1 Å². The molecule has 0 aliphatic rings. The SMILES string of the molecule is O=C(COc1ccc(I)cc1)Nc1ccc(Br)cc1C(=O)O. The number of hydrogen-bond acceptors (Lipinski definition) is 3. The number of carbonyl (C=O) groups is 2. The Morgan fingerprint density at radius 1 is 1.18 bits per heavy atom. The third kappa shape index (κ3) is 4.70. The van der Waals surface area contributed by atoms with E-state index in [1.807, 2.05) is 12.1 Å². The third-order valence-corrected chi connectivity index (χ3v) is 3.88. The second kappa shape index (κ2) is 7.59. The molecule has 0 radical (unpaired) electrons. The molecule has 0 aliphatic heterocycles. The first kappa shape index (κ1) is 16.8. The van der Waals surface area contributed by atoms with Crippen molar-refractivity contribution in [2.24, 2.45) is 0 Å². The van der Waals surface area contributed by atoms with Gasteiger partial charge in [0.05, 0.1) is 11.3 Å². The van der Waals surface area contributed by atoms with Gasteiger partial charge in [0, 0.05) is 8.04 Å². The highest BCUT2D eigenvalue weighted by atomic mass is 127. The minimum Gasteiger partial charge on any atom is -0.484 e. The Labute approximate surface area is 148 Å². The van der Waals surface area contributed by atoms with Gasteiger partial charge in [-0.05, 0) is 65.1 Å². The summed E-state index contributed by atoms with van der Waals surface area (Å²) >= 11 is 5.37. The molecule has 2 aromatic rings. The van der Waals surface area contributed by atoms with Crippen LogP contribution >= 0.6 is 38.5 Å². The van der Waals surface area contributed by atoms with Crippen LogP contribution in [-0.2, 0) is 4.79 Å². The van der Waals surface area contributed by atoms with Gasteiger partial charge in [-0.2, -0.15) is 0 Å². The van der Waals surface area contributed by atoms with Gasteiger partial charge in [-0.3, -0.25) is 4.79 Å². The summed E-state index contributed by atoms with van der Waals surface area (Å²) in [5, 5.41) is 11.7. The highest BCUT2D eigenvalue weighted by Crippen LogP contribution is 2.21. The molecular formula is C15H11BrINO4. The Morgan fingerprint density at radius 2 is 1.86 bits per heavy atom. The maximum atomic E-state index is 11.9. The van der Waals surface area contributed by atoms with Crippen molar-refractivity contribution < 1.29 is 19.4 Å². The number of aromatic carboxylic acids is 1. The van der Waals surface area contributed by atoms with Crippen molar-refractivity contribution >= 4 is 56.1 Å². The van der Waals surface area contributed by atoms with Crippen molar-refractivity contribution in [1.29, 1.82) is 0 Å². The number of amides is 1. The second-order valence-corrected chi connectivity index (χ2v) is 6.45. The Morgan fingerprint density at radius 3 is 2.50 bits per heavy atom. The zero-order valence-corrected chi connectivity index (χ0v) is 14.9. The molecule has 0 atom stereocenters. The first-order valence-corrected chi connectivity index (χ1v) is 8.04. The summed E-state index contributed by atoms with van der Waals surface area (Å²) in [5.41, 5.74) is 0.240. The van der Waals surface area contributed by atoms with Crippen molar-refractivity contribution in [2.45, 2.75) is 0 Å². The first-order valence-electron chi connectivity index (χ1n) is 6.17. The minimum absolute atomic E-state index is 0.0111. The molecule has 0 aromatic heterocycles. The molecular weight excluding hydrogens is 465 g/mol. The average Bonchev–Trinajstić information content (AvgIpc) is 2.48. The number of rotatable bonds is 5. The van der Waals surface area contributed by atoms with Crippen LogP contribution < -0.4 is 10.1 Å². The number of carbonyl (C=O) groups excluding carboxylic acids is 1. The van der Waals surface area contributed by atoms with E-state index in [0.717, 1.165) is 3.57 Å². The summed E-state index contributed by atoms with van der Waals surface area (Å²) in [5.74, 6) is -0.969. The molecule has 0 unspecified atom stereocenters. The van der Waals surface area contributed by atoms with Gasteiger partial charge in [0.2, 0.25) is 0 Å². The number of ether oxygens (including phenoxy) is 1. The van der Waals surface area contributed by atoms with Crippen LogP contribution in [0.2, 0.25) is 0 Å². The summed E-state index contributed by atoms with van der Waals surface area (Å²) in [6, 6.07) is 11.9. The molecule has 114 valence electrons. The van der Waals surface area contributed by atoms with Crippen LogP contribution in [0.25, 0.3) is 0 Å². The van der Waals surface area contributed by atoms with Gasteiger partial charge in [0.15, 0.2) is 6.61 Å². The second-order valence-electron chi connectivity index (χ2n) is 4.29. The lowest BCUT2D eigenvalue weighted by Gasteiger charge is -2.10. The molecule has 0 bridgehead atoms. The van der Waals surface area contributed by atoms with Crippen LogP contribution in [0.4, 0.5) is 5.69 Å². The van der Waals surface area contributed by atoms with E-state index < -0.39 is 11.9 Å².